The van der Waals surface area contributed by atoms with Crippen LogP contribution in [0, 0.1) is 10.1 Å². The van der Waals surface area contributed by atoms with E-state index in [2.05, 4.69) is 15.5 Å². The molecule has 0 spiro atoms. The van der Waals surface area contributed by atoms with E-state index in [4.69, 9.17) is 4.52 Å². The third-order valence-corrected chi connectivity index (χ3v) is 2.13. The Balaban J connectivity index is 2.23. The fourth-order valence-corrected chi connectivity index (χ4v) is 1.33. The molecule has 0 aliphatic heterocycles. The molecular weight excluding hydrogens is 224 g/mol. The standard InChI is InChI=1S/C10H10N4O3/c1-11-6-9-12-10(17-13-9)7-2-4-8(5-3-7)14(15)16/h2-5,11H,6H2,1H3. The van der Waals surface area contributed by atoms with Crippen molar-refractivity contribution in [3.8, 4) is 11.5 Å². The van der Waals surface area contributed by atoms with Gasteiger partial charge < -0.3 is 9.84 Å². The van der Waals surface area contributed by atoms with E-state index in [-0.39, 0.29) is 5.69 Å². The smallest absolute Gasteiger partial charge is 0.269 e. The van der Waals surface area contributed by atoms with Crippen LogP contribution >= 0.6 is 0 Å². The van der Waals surface area contributed by atoms with Gasteiger partial charge in [-0.15, -0.1) is 0 Å². The van der Waals surface area contributed by atoms with Crippen LogP contribution in [0.15, 0.2) is 28.8 Å². The summed E-state index contributed by atoms with van der Waals surface area (Å²) in [5, 5.41) is 17.1. The molecule has 1 heterocycles. The SMILES string of the molecule is CNCc1noc(-c2ccc([N+](=O)[O-])cc2)n1. The zero-order valence-corrected chi connectivity index (χ0v) is 9.08. The molecule has 1 aromatic heterocycles. The number of nitrogens with one attached hydrogen (secondary N) is 1. The average Bonchev–Trinajstić information content (AvgIpc) is 2.78. The van der Waals surface area contributed by atoms with Crippen LogP contribution in [-0.4, -0.2) is 22.1 Å². The van der Waals surface area contributed by atoms with Crippen LogP contribution in [-0.2, 0) is 6.54 Å². The van der Waals surface area contributed by atoms with Crippen LogP contribution < -0.4 is 5.32 Å². The molecule has 0 radical (unpaired) electrons. The van der Waals surface area contributed by atoms with Crippen molar-refractivity contribution in [1.29, 1.82) is 0 Å². The molecule has 17 heavy (non-hydrogen) atoms. The predicted octanol–water partition coefficient (Wildman–Crippen LogP) is 1.36. The Labute approximate surface area is 96.6 Å². The maximum Gasteiger partial charge on any atom is 0.269 e. The maximum absolute atomic E-state index is 10.5. The summed E-state index contributed by atoms with van der Waals surface area (Å²) in [6, 6.07) is 5.96. The normalized spacial score (nSPS) is 10.4. The van der Waals surface area contributed by atoms with Crippen LogP contribution in [0.2, 0.25) is 0 Å². The van der Waals surface area contributed by atoms with E-state index >= 15 is 0 Å². The average molecular weight is 234 g/mol. The van der Waals surface area contributed by atoms with E-state index in [1.54, 1.807) is 19.2 Å². The van der Waals surface area contributed by atoms with Crippen molar-refractivity contribution in [2.75, 3.05) is 7.05 Å². The maximum atomic E-state index is 10.5. The first-order valence-corrected chi connectivity index (χ1v) is 4.92. The lowest BCUT2D eigenvalue weighted by atomic mass is 10.2. The molecule has 1 aromatic carbocycles. The number of benzene rings is 1. The Morgan fingerprint density at radius 3 is 2.71 bits per heavy atom. The Hall–Kier alpha value is -2.28. The molecule has 2 rings (SSSR count). The number of hydrogen-bond donors (Lipinski definition) is 1. The van der Waals surface area contributed by atoms with Crippen LogP contribution in [0.4, 0.5) is 5.69 Å². The topological polar surface area (TPSA) is 94.1 Å². The fraction of sp³-hybridized carbons (Fsp3) is 0.200. The third kappa shape index (κ3) is 2.45. The van der Waals surface area contributed by atoms with Crippen LogP contribution in [0.1, 0.15) is 5.82 Å². The van der Waals surface area contributed by atoms with Gasteiger partial charge in [-0.05, 0) is 19.2 Å². The molecule has 7 nitrogen and oxygen atoms in total. The van der Waals surface area contributed by atoms with Crippen molar-refractivity contribution in [2.45, 2.75) is 6.54 Å². The van der Waals surface area contributed by atoms with Gasteiger partial charge in [0.05, 0.1) is 11.5 Å². The Morgan fingerprint density at radius 1 is 1.41 bits per heavy atom. The summed E-state index contributed by atoms with van der Waals surface area (Å²) in [5.41, 5.74) is 0.689. The molecule has 0 saturated carbocycles. The molecule has 0 amide bonds. The predicted molar refractivity (Wildman–Crippen MR) is 59.2 cm³/mol. The molecular formula is C10H10N4O3. The lowest BCUT2D eigenvalue weighted by Gasteiger charge is -1.93. The summed E-state index contributed by atoms with van der Waals surface area (Å²) in [7, 11) is 1.78. The van der Waals surface area contributed by atoms with E-state index in [0.717, 1.165) is 0 Å². The largest absolute Gasteiger partial charge is 0.334 e. The molecule has 7 heteroatoms. The molecule has 1 N–H and O–H groups in total. The highest BCUT2D eigenvalue weighted by atomic mass is 16.6. The highest BCUT2D eigenvalue weighted by Gasteiger charge is 2.10. The van der Waals surface area contributed by atoms with Gasteiger partial charge in [-0.1, -0.05) is 5.16 Å². The van der Waals surface area contributed by atoms with Gasteiger partial charge in [0.2, 0.25) is 0 Å². The van der Waals surface area contributed by atoms with Crippen molar-refractivity contribution in [3.05, 3.63) is 40.2 Å². The number of nitro benzene ring substituents is 1. The van der Waals surface area contributed by atoms with E-state index in [9.17, 15) is 10.1 Å². The zero-order chi connectivity index (χ0) is 12.3. The van der Waals surface area contributed by atoms with Gasteiger partial charge in [-0.25, -0.2) is 0 Å². The quantitative estimate of drug-likeness (QED) is 0.634. The lowest BCUT2D eigenvalue weighted by Crippen LogP contribution is -2.06. The van der Waals surface area contributed by atoms with Crippen molar-refractivity contribution >= 4 is 5.69 Å². The highest BCUT2D eigenvalue weighted by molar-refractivity contribution is 5.55. The summed E-state index contributed by atoms with van der Waals surface area (Å²) in [5.74, 6) is 0.894. The van der Waals surface area contributed by atoms with Gasteiger partial charge in [0.15, 0.2) is 5.82 Å². The molecule has 0 aliphatic carbocycles. The molecule has 0 atom stereocenters. The number of rotatable bonds is 4. The van der Waals surface area contributed by atoms with Gasteiger partial charge in [0.25, 0.3) is 11.6 Å². The van der Waals surface area contributed by atoms with Gasteiger partial charge in [0.1, 0.15) is 0 Å². The first-order valence-electron chi connectivity index (χ1n) is 4.92. The number of nitro groups is 1. The van der Waals surface area contributed by atoms with Crippen molar-refractivity contribution in [1.82, 2.24) is 15.5 Å². The second-order valence-electron chi connectivity index (χ2n) is 3.35. The molecule has 0 fully saturated rings. The molecule has 0 unspecified atom stereocenters. The number of nitrogens with zero attached hydrogens (tertiary/aromatic N) is 3. The van der Waals surface area contributed by atoms with Crippen LogP contribution in [0.5, 0.6) is 0 Å². The minimum absolute atomic E-state index is 0.0312. The molecule has 2 aromatic rings. The molecule has 88 valence electrons. The van der Waals surface area contributed by atoms with Gasteiger partial charge in [0, 0.05) is 17.7 Å². The van der Waals surface area contributed by atoms with E-state index < -0.39 is 4.92 Å². The second kappa shape index (κ2) is 4.71. The molecule has 0 aliphatic rings. The summed E-state index contributed by atoms with van der Waals surface area (Å²) in [4.78, 5) is 14.2. The number of aromatic nitrogens is 2. The summed E-state index contributed by atoms with van der Waals surface area (Å²) < 4.78 is 5.03. The van der Waals surface area contributed by atoms with E-state index in [1.165, 1.54) is 12.1 Å². The monoisotopic (exact) mass is 234 g/mol. The first-order chi connectivity index (χ1) is 8.20. The van der Waals surface area contributed by atoms with Crippen LogP contribution in [0.25, 0.3) is 11.5 Å². The van der Waals surface area contributed by atoms with E-state index in [0.29, 0.717) is 23.8 Å². The third-order valence-electron chi connectivity index (χ3n) is 2.13. The highest BCUT2D eigenvalue weighted by Crippen LogP contribution is 2.20. The summed E-state index contributed by atoms with van der Waals surface area (Å²) in [6.07, 6.45) is 0. The van der Waals surface area contributed by atoms with Crippen LogP contribution in [0.3, 0.4) is 0 Å². The number of hydrogen-bond acceptors (Lipinski definition) is 6. The zero-order valence-electron chi connectivity index (χ0n) is 9.08. The van der Waals surface area contributed by atoms with E-state index in [1.807, 2.05) is 0 Å². The minimum Gasteiger partial charge on any atom is -0.334 e. The van der Waals surface area contributed by atoms with Crippen molar-refractivity contribution in [2.24, 2.45) is 0 Å². The molecule has 0 saturated heterocycles. The van der Waals surface area contributed by atoms with Gasteiger partial charge in [-0.2, -0.15) is 4.98 Å². The summed E-state index contributed by atoms with van der Waals surface area (Å²) in [6.45, 7) is 0.510. The number of non-ortho nitro benzene ring substituents is 1. The van der Waals surface area contributed by atoms with Gasteiger partial charge in [-0.3, -0.25) is 10.1 Å². The fourth-order valence-electron chi connectivity index (χ4n) is 1.33. The van der Waals surface area contributed by atoms with Crippen molar-refractivity contribution in [3.63, 3.8) is 0 Å². The minimum atomic E-state index is -0.454. The Morgan fingerprint density at radius 2 is 2.12 bits per heavy atom. The van der Waals surface area contributed by atoms with Gasteiger partial charge >= 0.3 is 0 Å². The Kier molecular flexibility index (Phi) is 3.10. The summed E-state index contributed by atoms with van der Waals surface area (Å²) >= 11 is 0. The van der Waals surface area contributed by atoms with Crippen molar-refractivity contribution < 1.29 is 9.45 Å². The first kappa shape index (κ1) is 11.2. The lowest BCUT2D eigenvalue weighted by molar-refractivity contribution is -0.384. The molecule has 0 bridgehead atoms. The Bertz CT molecular complexity index is 521. The second-order valence-corrected chi connectivity index (χ2v) is 3.35.